The number of hydrogen-bond acceptors (Lipinski definition) is 2. The van der Waals surface area contributed by atoms with Crippen molar-refractivity contribution in [2.24, 2.45) is 0 Å². The van der Waals surface area contributed by atoms with Crippen molar-refractivity contribution in [2.75, 3.05) is 26.3 Å². The summed E-state index contributed by atoms with van der Waals surface area (Å²) in [5.41, 5.74) is 0. The Bertz CT molecular complexity index is 170. The van der Waals surface area contributed by atoms with Gasteiger partial charge in [0.05, 0.1) is 17.5 Å². The number of carbonyl (C=O) groups excluding carboxylic acids is 1. The van der Waals surface area contributed by atoms with Gasteiger partial charge in [0.2, 0.25) is 5.91 Å². The molecule has 1 fully saturated rings. The van der Waals surface area contributed by atoms with Crippen molar-refractivity contribution in [1.82, 2.24) is 4.90 Å². The zero-order chi connectivity index (χ0) is 9.19. The van der Waals surface area contributed by atoms with E-state index in [-0.39, 0.29) is 5.91 Å². The molecule has 0 atom stereocenters. The molecule has 1 aliphatic heterocycles. The highest BCUT2D eigenvalue weighted by Crippen LogP contribution is 2.19. The molecule has 1 rings (SSSR count). The van der Waals surface area contributed by atoms with Crippen LogP contribution in [0.2, 0.25) is 0 Å². The summed E-state index contributed by atoms with van der Waals surface area (Å²) in [6, 6.07) is 0. The van der Waals surface area contributed by atoms with Crippen LogP contribution in [0.3, 0.4) is 0 Å². The second-order valence-corrected chi connectivity index (χ2v) is 5.36. The monoisotopic (exact) mass is 235 g/mol. The normalized spacial score (nSPS) is 19.4. The maximum absolute atomic E-state index is 11.6. The van der Waals surface area contributed by atoms with E-state index in [0.29, 0.717) is 26.3 Å². The molecule has 0 N–H and O–H groups in total. The van der Waals surface area contributed by atoms with E-state index in [4.69, 9.17) is 4.74 Å². The van der Waals surface area contributed by atoms with Gasteiger partial charge in [0.1, 0.15) is 0 Å². The van der Waals surface area contributed by atoms with Crippen LogP contribution in [0.4, 0.5) is 0 Å². The largest absolute Gasteiger partial charge is 0.378 e. The maximum atomic E-state index is 11.6. The average molecular weight is 236 g/mol. The predicted molar refractivity (Wildman–Crippen MR) is 50.4 cm³/mol. The third kappa shape index (κ3) is 2.45. The molecule has 3 nitrogen and oxygen atoms in total. The van der Waals surface area contributed by atoms with Crippen LogP contribution in [-0.2, 0) is 9.53 Å². The number of hydrogen-bond donors (Lipinski definition) is 0. The van der Waals surface area contributed by atoms with E-state index in [0.717, 1.165) is 0 Å². The average Bonchev–Trinajstić information content (AvgIpc) is 2.03. The van der Waals surface area contributed by atoms with Gasteiger partial charge >= 0.3 is 0 Å². The summed E-state index contributed by atoms with van der Waals surface area (Å²) in [6.07, 6.45) is 0. The zero-order valence-corrected chi connectivity index (χ0v) is 9.06. The van der Waals surface area contributed by atoms with Crippen molar-refractivity contribution in [2.45, 2.75) is 18.2 Å². The van der Waals surface area contributed by atoms with Crippen LogP contribution in [-0.4, -0.2) is 41.4 Å². The Morgan fingerprint density at radius 3 is 2.33 bits per heavy atom. The van der Waals surface area contributed by atoms with Crippen LogP contribution in [0.15, 0.2) is 0 Å². The van der Waals surface area contributed by atoms with Gasteiger partial charge in [-0.05, 0) is 13.8 Å². The van der Waals surface area contributed by atoms with E-state index in [1.165, 1.54) is 0 Å². The molecular formula is C8H14BrNO2. The molecule has 0 aromatic carbocycles. The van der Waals surface area contributed by atoms with Crippen molar-refractivity contribution >= 4 is 21.8 Å². The fourth-order valence-electron chi connectivity index (χ4n) is 1.14. The fraction of sp³-hybridized carbons (Fsp3) is 0.875. The van der Waals surface area contributed by atoms with E-state index in [1.807, 2.05) is 18.7 Å². The molecule has 0 aromatic heterocycles. The zero-order valence-electron chi connectivity index (χ0n) is 7.47. The minimum absolute atomic E-state index is 0.144. The Morgan fingerprint density at radius 1 is 1.42 bits per heavy atom. The molecule has 0 spiro atoms. The topological polar surface area (TPSA) is 29.5 Å². The van der Waals surface area contributed by atoms with E-state index < -0.39 is 4.32 Å². The predicted octanol–water partition coefficient (Wildman–Crippen LogP) is 1.02. The first-order valence-electron chi connectivity index (χ1n) is 4.08. The summed E-state index contributed by atoms with van der Waals surface area (Å²) < 4.78 is 4.71. The number of ether oxygens (including phenoxy) is 1. The fourth-order valence-corrected chi connectivity index (χ4v) is 1.39. The first-order chi connectivity index (χ1) is 5.52. The lowest BCUT2D eigenvalue weighted by atomic mass is 10.2. The Morgan fingerprint density at radius 2 is 1.92 bits per heavy atom. The van der Waals surface area contributed by atoms with Crippen molar-refractivity contribution < 1.29 is 9.53 Å². The summed E-state index contributed by atoms with van der Waals surface area (Å²) in [7, 11) is 0. The molecule has 1 amide bonds. The van der Waals surface area contributed by atoms with Gasteiger partial charge in [-0.25, -0.2) is 0 Å². The number of amides is 1. The summed E-state index contributed by atoms with van der Waals surface area (Å²) >= 11 is 3.35. The molecule has 0 saturated carbocycles. The Hall–Kier alpha value is -0.0900. The van der Waals surface area contributed by atoms with Gasteiger partial charge in [0.25, 0.3) is 0 Å². The molecule has 0 radical (unpaired) electrons. The van der Waals surface area contributed by atoms with Crippen LogP contribution in [0, 0.1) is 0 Å². The van der Waals surface area contributed by atoms with Crippen LogP contribution in [0.25, 0.3) is 0 Å². The minimum Gasteiger partial charge on any atom is -0.378 e. The van der Waals surface area contributed by atoms with E-state index in [9.17, 15) is 4.79 Å². The number of nitrogens with zero attached hydrogens (tertiary/aromatic N) is 1. The van der Waals surface area contributed by atoms with Crippen LogP contribution < -0.4 is 0 Å². The first kappa shape index (κ1) is 9.99. The quantitative estimate of drug-likeness (QED) is 0.636. The second kappa shape index (κ2) is 3.75. The highest BCUT2D eigenvalue weighted by atomic mass is 79.9. The molecule has 0 aromatic rings. The highest BCUT2D eigenvalue weighted by molar-refractivity contribution is 9.10. The van der Waals surface area contributed by atoms with Crippen LogP contribution >= 0.6 is 15.9 Å². The van der Waals surface area contributed by atoms with Crippen molar-refractivity contribution in [3.8, 4) is 0 Å². The van der Waals surface area contributed by atoms with E-state index in [1.54, 1.807) is 0 Å². The van der Waals surface area contributed by atoms with Crippen molar-refractivity contribution in [3.05, 3.63) is 0 Å². The minimum atomic E-state index is -0.440. The number of alkyl halides is 1. The Labute approximate surface area is 81.2 Å². The van der Waals surface area contributed by atoms with Gasteiger partial charge in [0, 0.05) is 13.1 Å². The maximum Gasteiger partial charge on any atom is 0.239 e. The van der Waals surface area contributed by atoms with Gasteiger partial charge in [-0.15, -0.1) is 0 Å². The molecule has 0 unspecified atom stereocenters. The summed E-state index contributed by atoms with van der Waals surface area (Å²) in [5.74, 6) is 0.144. The highest BCUT2D eigenvalue weighted by Gasteiger charge is 2.29. The number of halogens is 1. The first-order valence-corrected chi connectivity index (χ1v) is 4.87. The molecule has 1 aliphatic rings. The molecule has 0 bridgehead atoms. The molecular weight excluding hydrogens is 222 g/mol. The Kier molecular flexibility index (Phi) is 3.12. The smallest absolute Gasteiger partial charge is 0.239 e. The number of morpholine rings is 1. The van der Waals surface area contributed by atoms with Crippen LogP contribution in [0.1, 0.15) is 13.8 Å². The second-order valence-electron chi connectivity index (χ2n) is 3.38. The Balaban J connectivity index is 2.51. The summed E-state index contributed by atoms with van der Waals surface area (Å²) in [4.78, 5) is 13.5. The SMILES string of the molecule is CC(C)(Br)C(=O)N1CCOCC1. The molecule has 1 heterocycles. The van der Waals surface area contributed by atoms with Gasteiger partial charge in [-0.2, -0.15) is 0 Å². The van der Waals surface area contributed by atoms with Gasteiger partial charge in [-0.3, -0.25) is 4.79 Å². The van der Waals surface area contributed by atoms with E-state index >= 15 is 0 Å². The van der Waals surface area contributed by atoms with Crippen molar-refractivity contribution in [3.63, 3.8) is 0 Å². The third-order valence-corrected chi connectivity index (χ3v) is 2.15. The molecule has 70 valence electrons. The van der Waals surface area contributed by atoms with Gasteiger partial charge in [0.15, 0.2) is 0 Å². The molecule has 12 heavy (non-hydrogen) atoms. The molecule has 4 heteroatoms. The van der Waals surface area contributed by atoms with Gasteiger partial charge in [-0.1, -0.05) is 15.9 Å². The lowest BCUT2D eigenvalue weighted by molar-refractivity contribution is -0.136. The van der Waals surface area contributed by atoms with Crippen molar-refractivity contribution in [1.29, 1.82) is 0 Å². The molecule has 0 aliphatic carbocycles. The van der Waals surface area contributed by atoms with Gasteiger partial charge < -0.3 is 9.64 Å². The number of carbonyl (C=O) groups is 1. The number of rotatable bonds is 1. The standard InChI is InChI=1S/C8H14BrNO2/c1-8(2,9)7(11)10-3-5-12-6-4-10/h3-6H2,1-2H3. The lowest BCUT2D eigenvalue weighted by Gasteiger charge is -2.31. The lowest BCUT2D eigenvalue weighted by Crippen LogP contribution is -2.47. The third-order valence-electron chi connectivity index (χ3n) is 1.81. The van der Waals surface area contributed by atoms with Crippen LogP contribution in [0.5, 0.6) is 0 Å². The summed E-state index contributed by atoms with van der Waals surface area (Å²) in [5, 5.41) is 0. The summed E-state index contributed by atoms with van der Waals surface area (Å²) in [6.45, 7) is 6.49. The molecule has 1 saturated heterocycles. The van der Waals surface area contributed by atoms with E-state index in [2.05, 4.69) is 15.9 Å².